The zero-order valence-corrected chi connectivity index (χ0v) is 11.4. The molecule has 100 valence electrons. The summed E-state index contributed by atoms with van der Waals surface area (Å²) in [5.74, 6) is 0.863. The van der Waals surface area contributed by atoms with Crippen molar-refractivity contribution in [1.82, 2.24) is 14.9 Å². The first kappa shape index (κ1) is 12.3. The van der Waals surface area contributed by atoms with Gasteiger partial charge in [-0.1, -0.05) is 0 Å². The number of aromatic nitrogens is 2. The van der Waals surface area contributed by atoms with Crippen molar-refractivity contribution in [3.05, 3.63) is 35.1 Å². The van der Waals surface area contributed by atoms with Crippen molar-refractivity contribution in [2.45, 2.75) is 39.0 Å². The Balaban J connectivity index is 1.84. The number of piperidine rings is 1. The first-order valence-corrected chi connectivity index (χ1v) is 7.06. The van der Waals surface area contributed by atoms with Crippen LogP contribution < -0.4 is 0 Å². The average molecular weight is 257 g/mol. The second-order valence-corrected chi connectivity index (χ2v) is 5.36. The molecule has 1 saturated heterocycles. The highest BCUT2D eigenvalue weighted by Crippen LogP contribution is 2.24. The number of rotatable bonds is 1. The normalized spacial score (nSPS) is 21.6. The van der Waals surface area contributed by atoms with Gasteiger partial charge >= 0.3 is 0 Å². The molecule has 1 fully saturated rings. The Bertz CT molecular complexity index is 530. The van der Waals surface area contributed by atoms with Crippen LogP contribution in [0.25, 0.3) is 0 Å². The van der Waals surface area contributed by atoms with Crippen molar-refractivity contribution in [1.29, 1.82) is 0 Å². The summed E-state index contributed by atoms with van der Waals surface area (Å²) in [7, 11) is 0. The van der Waals surface area contributed by atoms with E-state index in [9.17, 15) is 4.79 Å². The summed E-state index contributed by atoms with van der Waals surface area (Å²) in [5, 5.41) is 0. The highest BCUT2D eigenvalue weighted by atomic mass is 16.1. The molecule has 4 heteroatoms. The van der Waals surface area contributed by atoms with Crippen LogP contribution in [0.4, 0.5) is 0 Å². The van der Waals surface area contributed by atoms with Crippen LogP contribution in [0.2, 0.25) is 0 Å². The molecular formula is C15H19N3O. The van der Waals surface area contributed by atoms with Crippen LogP contribution in [-0.2, 0) is 6.42 Å². The number of allylic oxidation sites excluding steroid dienone is 1. The number of carbonyl (C=O) groups excluding carboxylic acids is 1. The average Bonchev–Trinajstić information content (AvgIpc) is 2.43. The van der Waals surface area contributed by atoms with E-state index < -0.39 is 0 Å². The Morgan fingerprint density at radius 2 is 2.00 bits per heavy atom. The van der Waals surface area contributed by atoms with E-state index in [1.54, 1.807) is 6.20 Å². The van der Waals surface area contributed by atoms with Crippen LogP contribution in [0.15, 0.2) is 18.0 Å². The lowest BCUT2D eigenvalue weighted by atomic mass is 9.91. The number of hydrogen-bond donors (Lipinski definition) is 0. The quantitative estimate of drug-likeness (QED) is 0.724. The number of likely N-dealkylation sites (tertiary alicyclic amines) is 1. The molecule has 1 aliphatic carbocycles. The maximum atomic E-state index is 12.4. The summed E-state index contributed by atoms with van der Waals surface area (Å²) in [4.78, 5) is 23.2. The number of aryl methyl sites for hydroxylation is 2. The van der Waals surface area contributed by atoms with Crippen molar-refractivity contribution in [3.63, 3.8) is 0 Å². The predicted octanol–water partition coefficient (Wildman–Crippen LogP) is 2.28. The van der Waals surface area contributed by atoms with Gasteiger partial charge in [0, 0.05) is 31.1 Å². The summed E-state index contributed by atoms with van der Waals surface area (Å²) in [6.45, 7) is 4.02. The second kappa shape index (κ2) is 5.11. The lowest BCUT2D eigenvalue weighted by molar-refractivity contribution is 0.102. The van der Waals surface area contributed by atoms with E-state index in [1.807, 2.05) is 6.92 Å². The molecular weight excluding hydrogens is 238 g/mol. The third kappa shape index (κ3) is 2.53. The fraction of sp³-hybridized carbons (Fsp3) is 0.533. The van der Waals surface area contributed by atoms with Crippen LogP contribution in [0.5, 0.6) is 0 Å². The topological polar surface area (TPSA) is 46.1 Å². The van der Waals surface area contributed by atoms with Gasteiger partial charge in [-0.25, -0.2) is 9.97 Å². The summed E-state index contributed by atoms with van der Waals surface area (Å²) in [6.07, 6.45) is 9.19. The molecule has 1 aromatic rings. The fourth-order valence-corrected chi connectivity index (χ4v) is 2.83. The minimum Gasteiger partial charge on any atom is -0.377 e. The van der Waals surface area contributed by atoms with E-state index in [-0.39, 0.29) is 5.78 Å². The Kier molecular flexibility index (Phi) is 3.32. The van der Waals surface area contributed by atoms with Crippen molar-refractivity contribution in [2.75, 3.05) is 13.1 Å². The van der Waals surface area contributed by atoms with Crippen molar-refractivity contribution >= 4 is 5.78 Å². The molecule has 3 rings (SSSR count). The van der Waals surface area contributed by atoms with Gasteiger partial charge in [0.15, 0.2) is 5.78 Å². The van der Waals surface area contributed by atoms with Crippen molar-refractivity contribution < 1.29 is 4.79 Å². The molecule has 0 unspecified atom stereocenters. The molecule has 0 saturated carbocycles. The van der Waals surface area contributed by atoms with Gasteiger partial charge in [0.05, 0.1) is 11.3 Å². The van der Waals surface area contributed by atoms with Gasteiger partial charge in [0.1, 0.15) is 5.82 Å². The monoisotopic (exact) mass is 257 g/mol. The molecule has 0 bridgehead atoms. The number of fused-ring (bicyclic) bond motifs is 1. The smallest absolute Gasteiger partial charge is 0.193 e. The molecule has 1 aromatic heterocycles. The zero-order valence-electron chi connectivity index (χ0n) is 11.4. The molecule has 2 aliphatic rings. The standard InChI is InChI=1S/C15H19N3O/c1-11-16-9-13-14(17-11)6-5-12(15(13)19)10-18-7-3-2-4-8-18/h9-10H,2-8H2,1H3/b12-10+. The Labute approximate surface area is 113 Å². The molecule has 1 aliphatic heterocycles. The lowest BCUT2D eigenvalue weighted by Crippen LogP contribution is -2.27. The largest absolute Gasteiger partial charge is 0.377 e. The highest BCUT2D eigenvalue weighted by molar-refractivity contribution is 6.10. The minimum atomic E-state index is 0.117. The third-order valence-corrected chi connectivity index (χ3v) is 3.88. The molecule has 0 atom stereocenters. The number of hydrogen-bond acceptors (Lipinski definition) is 4. The summed E-state index contributed by atoms with van der Waals surface area (Å²) < 4.78 is 0. The highest BCUT2D eigenvalue weighted by Gasteiger charge is 2.24. The number of carbonyl (C=O) groups is 1. The molecule has 0 amide bonds. The third-order valence-electron chi connectivity index (χ3n) is 3.88. The van der Waals surface area contributed by atoms with Crippen molar-refractivity contribution in [2.24, 2.45) is 0 Å². The van der Waals surface area contributed by atoms with E-state index in [2.05, 4.69) is 21.1 Å². The fourth-order valence-electron chi connectivity index (χ4n) is 2.83. The maximum Gasteiger partial charge on any atom is 0.193 e. The van der Waals surface area contributed by atoms with Gasteiger partial charge in [-0.2, -0.15) is 0 Å². The van der Waals surface area contributed by atoms with Gasteiger partial charge in [-0.3, -0.25) is 4.79 Å². The van der Waals surface area contributed by atoms with Crippen LogP contribution in [0.3, 0.4) is 0 Å². The number of ketones is 1. The predicted molar refractivity (Wildman–Crippen MR) is 72.9 cm³/mol. The molecule has 0 spiro atoms. The Morgan fingerprint density at radius 1 is 1.21 bits per heavy atom. The van der Waals surface area contributed by atoms with E-state index in [0.29, 0.717) is 5.56 Å². The van der Waals surface area contributed by atoms with Crippen LogP contribution in [0.1, 0.15) is 47.6 Å². The van der Waals surface area contributed by atoms with E-state index in [1.165, 1.54) is 19.3 Å². The first-order chi connectivity index (χ1) is 9.24. The SMILES string of the molecule is Cc1ncc2c(n1)CC/C(=C\N1CCCCC1)C2=O. The van der Waals surface area contributed by atoms with Crippen molar-refractivity contribution in [3.8, 4) is 0 Å². The molecule has 0 radical (unpaired) electrons. The maximum absolute atomic E-state index is 12.4. The van der Waals surface area contributed by atoms with Gasteiger partial charge in [-0.05, 0) is 39.0 Å². The van der Waals surface area contributed by atoms with Crippen LogP contribution >= 0.6 is 0 Å². The van der Waals surface area contributed by atoms with Gasteiger partial charge < -0.3 is 4.90 Å². The Hall–Kier alpha value is -1.71. The van der Waals surface area contributed by atoms with Gasteiger partial charge in [0.2, 0.25) is 0 Å². The van der Waals surface area contributed by atoms with Gasteiger partial charge in [-0.15, -0.1) is 0 Å². The van der Waals surface area contributed by atoms with E-state index in [4.69, 9.17) is 0 Å². The molecule has 2 heterocycles. The summed E-state index contributed by atoms with van der Waals surface area (Å²) in [5.41, 5.74) is 2.52. The molecule has 0 N–H and O–H groups in total. The van der Waals surface area contributed by atoms with Crippen LogP contribution in [0, 0.1) is 6.92 Å². The molecule has 4 nitrogen and oxygen atoms in total. The number of nitrogens with zero attached hydrogens (tertiary/aromatic N) is 3. The summed E-state index contributed by atoms with van der Waals surface area (Å²) in [6, 6.07) is 0. The summed E-state index contributed by atoms with van der Waals surface area (Å²) >= 11 is 0. The lowest BCUT2D eigenvalue weighted by Gasteiger charge is -2.27. The van der Waals surface area contributed by atoms with E-state index in [0.717, 1.165) is 43.0 Å². The van der Waals surface area contributed by atoms with Crippen LogP contribution in [-0.4, -0.2) is 33.7 Å². The second-order valence-electron chi connectivity index (χ2n) is 5.36. The van der Waals surface area contributed by atoms with E-state index >= 15 is 0 Å². The zero-order chi connectivity index (χ0) is 13.2. The number of Topliss-reactive ketones (excluding diaryl/α,β-unsaturated/α-hetero) is 1. The Morgan fingerprint density at radius 3 is 2.79 bits per heavy atom. The van der Waals surface area contributed by atoms with Gasteiger partial charge in [0.25, 0.3) is 0 Å². The first-order valence-electron chi connectivity index (χ1n) is 7.06. The molecule has 0 aromatic carbocycles. The molecule has 19 heavy (non-hydrogen) atoms. The minimum absolute atomic E-state index is 0.117.